The zero-order chi connectivity index (χ0) is 25.6. The van der Waals surface area contributed by atoms with Crippen LogP contribution in [0.5, 0.6) is 0 Å². The Morgan fingerprint density at radius 1 is 1.25 bits per heavy atom. The molecule has 4 N–H and O–H groups in total. The van der Waals surface area contributed by atoms with Crippen molar-refractivity contribution in [3.8, 4) is 5.69 Å². The largest absolute Gasteiger partial charge is 0.380 e. The minimum atomic E-state index is -2.20. The average Bonchev–Trinajstić information content (AvgIpc) is 3.48. The first-order valence-electron chi connectivity index (χ1n) is 11.0. The number of nitrogens with two attached hydrogens (primary N) is 1. The minimum Gasteiger partial charge on any atom is -0.380 e. The molecule has 0 aliphatic carbocycles. The number of hydrogen-bond acceptors (Lipinski definition) is 9. The summed E-state index contributed by atoms with van der Waals surface area (Å²) in [7, 11) is 1.62. The van der Waals surface area contributed by atoms with Crippen LogP contribution < -0.4 is 21.5 Å². The third-order valence-corrected chi connectivity index (χ3v) is 6.00. The molecule has 36 heavy (non-hydrogen) atoms. The van der Waals surface area contributed by atoms with Crippen LogP contribution in [0.4, 0.5) is 17.3 Å². The van der Waals surface area contributed by atoms with E-state index in [0.717, 1.165) is 0 Å². The van der Waals surface area contributed by atoms with E-state index in [9.17, 15) is 19.5 Å². The molecule has 5 rings (SSSR count). The first-order chi connectivity index (χ1) is 17.1. The summed E-state index contributed by atoms with van der Waals surface area (Å²) in [4.78, 5) is 39.3. The molecule has 0 saturated carbocycles. The number of nitrogens with one attached hydrogen (secondary N) is 1. The van der Waals surface area contributed by atoms with Crippen molar-refractivity contribution in [1.29, 1.82) is 0 Å². The maximum absolute atomic E-state index is 13.3. The number of aliphatic hydroxyl groups is 1. The van der Waals surface area contributed by atoms with Gasteiger partial charge in [-0.25, -0.2) is 4.68 Å². The van der Waals surface area contributed by atoms with Crippen molar-refractivity contribution in [1.82, 2.24) is 19.5 Å². The van der Waals surface area contributed by atoms with E-state index >= 15 is 0 Å². The molecular weight excluding hydrogens is 470 g/mol. The molecule has 4 heterocycles. The number of hydrogen-bond donors (Lipinski definition) is 3. The topological polar surface area (TPSA) is 171 Å². The summed E-state index contributed by atoms with van der Waals surface area (Å²) in [6.07, 6.45) is 1.78. The van der Waals surface area contributed by atoms with E-state index < -0.39 is 23.5 Å². The molecule has 1 fully saturated rings. The van der Waals surface area contributed by atoms with Gasteiger partial charge in [0.2, 0.25) is 5.56 Å². The quantitative estimate of drug-likeness (QED) is 0.356. The van der Waals surface area contributed by atoms with E-state index in [-0.39, 0.29) is 24.5 Å². The van der Waals surface area contributed by atoms with Crippen molar-refractivity contribution in [3.05, 3.63) is 59.1 Å². The van der Waals surface area contributed by atoms with E-state index in [1.807, 2.05) is 0 Å². The van der Waals surface area contributed by atoms with Gasteiger partial charge < -0.3 is 30.0 Å². The van der Waals surface area contributed by atoms with Gasteiger partial charge in [0.25, 0.3) is 11.8 Å². The van der Waals surface area contributed by atoms with Crippen molar-refractivity contribution in [2.75, 3.05) is 29.1 Å². The Morgan fingerprint density at radius 2 is 2.06 bits per heavy atom. The second-order valence-electron chi connectivity index (χ2n) is 8.58. The summed E-state index contributed by atoms with van der Waals surface area (Å²) < 4.78 is 13.6. The Bertz CT molecular complexity index is 1540. The highest BCUT2D eigenvalue weighted by atomic mass is 16.5. The van der Waals surface area contributed by atoms with E-state index in [0.29, 0.717) is 28.2 Å². The van der Waals surface area contributed by atoms with Crippen LogP contribution in [0.3, 0.4) is 0 Å². The molecule has 1 saturated heterocycles. The molecule has 0 spiro atoms. The van der Waals surface area contributed by atoms with Crippen LogP contribution in [-0.4, -0.2) is 61.3 Å². The number of carbonyl (C=O) groups is 2. The summed E-state index contributed by atoms with van der Waals surface area (Å²) in [6, 6.07) is 9.36. The van der Waals surface area contributed by atoms with Gasteiger partial charge in [0.05, 0.1) is 24.2 Å². The van der Waals surface area contributed by atoms with E-state index in [1.165, 1.54) is 33.2 Å². The molecule has 2 amide bonds. The summed E-state index contributed by atoms with van der Waals surface area (Å²) in [5.41, 5.74) is 4.64. The maximum atomic E-state index is 13.3. The molecule has 0 radical (unpaired) electrons. The van der Waals surface area contributed by atoms with Crippen molar-refractivity contribution in [2.45, 2.75) is 18.6 Å². The third-order valence-electron chi connectivity index (χ3n) is 6.00. The Labute approximate surface area is 203 Å². The zero-order valence-corrected chi connectivity index (χ0v) is 19.4. The standard InChI is InChI=1S/C23H23N7O6/c1-23(34,22(33)25-13-3-5-15-16(11-13)36-27-20(15)24)19-21(32)29(9-10-35-19)17-7-8-30(26-17)14-4-6-18(31)28(2)12-14/h3-8,11-12,19,34H,9-10H2,1-2H3,(H2,24,27)(H,25,33)/t19-,23+/m0/s1. The summed E-state index contributed by atoms with van der Waals surface area (Å²) in [5.74, 6) is -0.933. The van der Waals surface area contributed by atoms with E-state index in [1.54, 1.807) is 43.7 Å². The second kappa shape index (κ2) is 8.62. The van der Waals surface area contributed by atoms with Crippen molar-refractivity contribution >= 4 is 40.1 Å². The highest BCUT2D eigenvalue weighted by molar-refractivity contribution is 6.06. The average molecular weight is 493 g/mol. The first-order valence-corrected chi connectivity index (χ1v) is 11.0. The fraction of sp³-hybridized carbons (Fsp3) is 0.261. The van der Waals surface area contributed by atoms with Gasteiger partial charge in [-0.2, -0.15) is 0 Å². The number of amides is 2. The monoisotopic (exact) mass is 493 g/mol. The number of nitrogens with zero attached hydrogens (tertiary/aromatic N) is 5. The lowest BCUT2D eigenvalue weighted by molar-refractivity contribution is -0.165. The second-order valence-corrected chi connectivity index (χ2v) is 8.58. The van der Waals surface area contributed by atoms with Gasteiger partial charge in [-0.3, -0.25) is 19.3 Å². The lowest BCUT2D eigenvalue weighted by Gasteiger charge is -2.37. The minimum absolute atomic E-state index is 0.0792. The molecule has 1 aliphatic rings. The number of morpholine rings is 1. The third kappa shape index (κ3) is 3.99. The summed E-state index contributed by atoms with van der Waals surface area (Å²) in [5, 5.41) is 22.3. The number of rotatable bonds is 5. The molecule has 1 aliphatic heterocycles. The van der Waals surface area contributed by atoms with Gasteiger partial charge in [0, 0.05) is 43.3 Å². The first kappa shape index (κ1) is 23.3. The van der Waals surface area contributed by atoms with Gasteiger partial charge in [0.15, 0.2) is 28.9 Å². The van der Waals surface area contributed by atoms with Crippen molar-refractivity contribution in [3.63, 3.8) is 0 Å². The number of ether oxygens (including phenoxy) is 1. The molecule has 3 aromatic heterocycles. The van der Waals surface area contributed by atoms with E-state index in [4.69, 9.17) is 15.0 Å². The fourth-order valence-corrected chi connectivity index (χ4v) is 3.94. The molecule has 13 heteroatoms. The van der Waals surface area contributed by atoms with Gasteiger partial charge >= 0.3 is 0 Å². The molecule has 0 unspecified atom stereocenters. The fourth-order valence-electron chi connectivity index (χ4n) is 3.94. The van der Waals surface area contributed by atoms with Crippen LogP contribution >= 0.6 is 0 Å². The maximum Gasteiger partial charge on any atom is 0.260 e. The van der Waals surface area contributed by atoms with Gasteiger partial charge in [-0.05, 0) is 25.1 Å². The molecular formula is C23H23N7O6. The highest BCUT2D eigenvalue weighted by Gasteiger charge is 2.48. The normalized spacial score (nSPS) is 17.8. The molecule has 13 nitrogen and oxygen atoms in total. The summed E-state index contributed by atoms with van der Waals surface area (Å²) >= 11 is 0. The molecule has 2 atom stereocenters. The number of nitrogen functional groups attached to an aromatic ring is 1. The molecule has 0 bridgehead atoms. The zero-order valence-electron chi connectivity index (χ0n) is 19.4. The Kier molecular flexibility index (Phi) is 5.57. The van der Waals surface area contributed by atoms with Crippen molar-refractivity contribution in [2.24, 2.45) is 7.05 Å². The van der Waals surface area contributed by atoms with Crippen LogP contribution in [0.25, 0.3) is 16.7 Å². The molecule has 1 aromatic carbocycles. The van der Waals surface area contributed by atoms with Crippen LogP contribution in [0.1, 0.15) is 6.92 Å². The number of aromatic nitrogens is 4. The van der Waals surface area contributed by atoms with Gasteiger partial charge in [-0.1, -0.05) is 5.16 Å². The predicted molar refractivity (Wildman–Crippen MR) is 129 cm³/mol. The Morgan fingerprint density at radius 3 is 2.83 bits per heavy atom. The Balaban J connectivity index is 1.34. The lowest BCUT2D eigenvalue weighted by atomic mass is 9.95. The summed E-state index contributed by atoms with van der Waals surface area (Å²) in [6.45, 7) is 1.47. The number of anilines is 3. The smallest absolute Gasteiger partial charge is 0.260 e. The number of aryl methyl sites for hydroxylation is 1. The van der Waals surface area contributed by atoms with Gasteiger partial charge in [0.1, 0.15) is 0 Å². The highest BCUT2D eigenvalue weighted by Crippen LogP contribution is 2.27. The van der Waals surface area contributed by atoms with Crippen LogP contribution in [-0.2, 0) is 21.4 Å². The van der Waals surface area contributed by atoms with Crippen LogP contribution in [0.2, 0.25) is 0 Å². The van der Waals surface area contributed by atoms with Crippen molar-refractivity contribution < 1.29 is 24.0 Å². The number of carbonyl (C=O) groups excluding carboxylic acids is 2. The van der Waals surface area contributed by atoms with Gasteiger partial charge in [-0.15, -0.1) is 5.10 Å². The lowest BCUT2D eigenvalue weighted by Crippen LogP contribution is -2.61. The Hall–Kier alpha value is -4.49. The molecule has 4 aromatic rings. The number of benzene rings is 1. The SMILES string of the molecule is Cn1cc(-n2ccc(N3CCO[C@H]([C@@](C)(O)C(=O)Nc4ccc5c(N)noc5c4)C3=O)n2)ccc1=O. The van der Waals surface area contributed by atoms with Crippen LogP contribution in [0, 0.1) is 0 Å². The number of pyridine rings is 1. The number of fused-ring (bicyclic) bond motifs is 1. The molecule has 186 valence electrons. The van der Waals surface area contributed by atoms with E-state index in [2.05, 4.69) is 15.6 Å². The van der Waals surface area contributed by atoms with Crippen LogP contribution in [0.15, 0.2) is 58.1 Å². The predicted octanol–water partition coefficient (Wildman–Crippen LogP) is 0.416.